The van der Waals surface area contributed by atoms with Gasteiger partial charge in [0, 0.05) is 16.6 Å². The molecule has 1 aromatic heterocycles. The van der Waals surface area contributed by atoms with Gasteiger partial charge in [0.25, 0.3) is 0 Å². The van der Waals surface area contributed by atoms with Crippen LogP contribution >= 0.6 is 15.9 Å². The standard InChI is InChI=1S/C12H13BrN2O/c1-9-8-12(14-15(9)7-6-13)10-2-4-11(16)5-3-10/h2-5,8,16H,6-7H2,1H3. The van der Waals surface area contributed by atoms with Crippen molar-refractivity contribution >= 4 is 15.9 Å². The number of phenols is 1. The molecule has 4 heteroatoms. The molecule has 0 aliphatic carbocycles. The van der Waals surface area contributed by atoms with Crippen molar-refractivity contribution in [2.45, 2.75) is 13.5 Å². The molecule has 84 valence electrons. The minimum absolute atomic E-state index is 0.278. The van der Waals surface area contributed by atoms with Crippen molar-refractivity contribution in [1.29, 1.82) is 0 Å². The molecular formula is C12H13BrN2O. The van der Waals surface area contributed by atoms with E-state index in [-0.39, 0.29) is 5.75 Å². The average molecular weight is 281 g/mol. The van der Waals surface area contributed by atoms with E-state index in [4.69, 9.17) is 0 Å². The Labute approximate surface area is 103 Å². The second kappa shape index (κ2) is 4.70. The molecule has 0 fully saturated rings. The van der Waals surface area contributed by atoms with Crippen LogP contribution in [-0.2, 0) is 6.54 Å². The summed E-state index contributed by atoms with van der Waals surface area (Å²) in [7, 11) is 0. The van der Waals surface area contributed by atoms with E-state index in [0.717, 1.165) is 28.8 Å². The first-order valence-corrected chi connectivity index (χ1v) is 6.22. The molecule has 3 nitrogen and oxygen atoms in total. The molecular weight excluding hydrogens is 268 g/mol. The van der Waals surface area contributed by atoms with E-state index in [9.17, 15) is 5.11 Å². The van der Waals surface area contributed by atoms with Crippen LogP contribution in [0, 0.1) is 6.92 Å². The number of aryl methyl sites for hydroxylation is 2. The number of nitrogens with zero attached hydrogens (tertiary/aromatic N) is 2. The number of aromatic nitrogens is 2. The molecule has 1 N–H and O–H groups in total. The van der Waals surface area contributed by atoms with Gasteiger partial charge < -0.3 is 5.11 Å². The van der Waals surface area contributed by atoms with Crippen LogP contribution in [0.3, 0.4) is 0 Å². The highest BCUT2D eigenvalue weighted by Crippen LogP contribution is 2.21. The number of alkyl halides is 1. The second-order valence-corrected chi connectivity index (χ2v) is 4.42. The summed E-state index contributed by atoms with van der Waals surface area (Å²) < 4.78 is 1.97. The summed E-state index contributed by atoms with van der Waals surface area (Å²) in [5, 5.41) is 14.6. The van der Waals surface area contributed by atoms with E-state index >= 15 is 0 Å². The van der Waals surface area contributed by atoms with Gasteiger partial charge >= 0.3 is 0 Å². The Morgan fingerprint density at radius 1 is 1.31 bits per heavy atom. The van der Waals surface area contributed by atoms with Gasteiger partial charge in [-0.05, 0) is 37.3 Å². The molecule has 0 spiro atoms. The molecule has 1 aromatic carbocycles. The van der Waals surface area contributed by atoms with Gasteiger partial charge in [0.15, 0.2) is 0 Å². The lowest BCUT2D eigenvalue weighted by molar-refractivity contribution is 0.475. The lowest BCUT2D eigenvalue weighted by Gasteiger charge is -1.99. The summed E-state index contributed by atoms with van der Waals surface area (Å²) in [6.07, 6.45) is 0. The van der Waals surface area contributed by atoms with Crippen LogP contribution in [0.4, 0.5) is 0 Å². The van der Waals surface area contributed by atoms with Crippen molar-refractivity contribution < 1.29 is 5.11 Å². The van der Waals surface area contributed by atoms with E-state index in [1.165, 1.54) is 0 Å². The van der Waals surface area contributed by atoms with Gasteiger partial charge in [-0.3, -0.25) is 4.68 Å². The zero-order chi connectivity index (χ0) is 11.5. The van der Waals surface area contributed by atoms with Crippen molar-refractivity contribution in [2.24, 2.45) is 0 Å². The molecule has 0 saturated carbocycles. The summed E-state index contributed by atoms with van der Waals surface area (Å²) in [6, 6.07) is 9.14. The minimum atomic E-state index is 0.278. The highest BCUT2D eigenvalue weighted by Gasteiger charge is 2.05. The van der Waals surface area contributed by atoms with E-state index in [1.807, 2.05) is 23.7 Å². The van der Waals surface area contributed by atoms with Crippen LogP contribution in [-0.4, -0.2) is 20.2 Å². The highest BCUT2D eigenvalue weighted by molar-refractivity contribution is 9.09. The van der Waals surface area contributed by atoms with Crippen LogP contribution in [0.15, 0.2) is 30.3 Å². The Balaban J connectivity index is 2.33. The highest BCUT2D eigenvalue weighted by atomic mass is 79.9. The zero-order valence-corrected chi connectivity index (χ0v) is 10.6. The largest absolute Gasteiger partial charge is 0.508 e. The average Bonchev–Trinajstić information content (AvgIpc) is 2.62. The molecule has 0 aliphatic rings. The molecule has 0 atom stereocenters. The van der Waals surface area contributed by atoms with Crippen molar-refractivity contribution in [3.8, 4) is 17.0 Å². The number of benzene rings is 1. The molecule has 0 radical (unpaired) electrons. The first-order valence-electron chi connectivity index (χ1n) is 5.10. The predicted molar refractivity (Wildman–Crippen MR) is 67.9 cm³/mol. The molecule has 1 heterocycles. The third kappa shape index (κ3) is 2.27. The van der Waals surface area contributed by atoms with Gasteiger partial charge in [0.05, 0.1) is 12.2 Å². The Morgan fingerprint density at radius 2 is 2.00 bits per heavy atom. The minimum Gasteiger partial charge on any atom is -0.508 e. The fourth-order valence-electron chi connectivity index (χ4n) is 1.59. The molecule has 16 heavy (non-hydrogen) atoms. The van der Waals surface area contributed by atoms with Gasteiger partial charge in [0.1, 0.15) is 5.75 Å². The number of hydrogen-bond acceptors (Lipinski definition) is 2. The second-order valence-electron chi connectivity index (χ2n) is 3.63. The SMILES string of the molecule is Cc1cc(-c2ccc(O)cc2)nn1CCBr. The smallest absolute Gasteiger partial charge is 0.115 e. The van der Waals surface area contributed by atoms with E-state index in [0.29, 0.717) is 0 Å². The quantitative estimate of drug-likeness (QED) is 0.878. The number of hydrogen-bond donors (Lipinski definition) is 1. The Kier molecular flexibility index (Phi) is 3.29. The molecule has 2 aromatic rings. The number of halogens is 1. The van der Waals surface area contributed by atoms with Crippen LogP contribution in [0.25, 0.3) is 11.3 Å². The fourth-order valence-corrected chi connectivity index (χ4v) is 1.93. The molecule has 0 bridgehead atoms. The Morgan fingerprint density at radius 3 is 2.62 bits per heavy atom. The predicted octanol–water partition coefficient (Wildman–Crippen LogP) is 2.96. The van der Waals surface area contributed by atoms with Crippen molar-refractivity contribution in [2.75, 3.05) is 5.33 Å². The first kappa shape index (κ1) is 11.2. The normalized spacial score (nSPS) is 10.6. The summed E-state index contributed by atoms with van der Waals surface area (Å²) >= 11 is 3.40. The topological polar surface area (TPSA) is 38.1 Å². The molecule has 0 saturated heterocycles. The maximum absolute atomic E-state index is 9.22. The van der Waals surface area contributed by atoms with Crippen LogP contribution in [0.1, 0.15) is 5.69 Å². The van der Waals surface area contributed by atoms with Crippen LogP contribution in [0.5, 0.6) is 5.75 Å². The third-order valence-corrected chi connectivity index (χ3v) is 2.80. The van der Waals surface area contributed by atoms with Crippen molar-refractivity contribution in [3.63, 3.8) is 0 Å². The summed E-state index contributed by atoms with van der Waals surface area (Å²) in [6.45, 7) is 2.91. The van der Waals surface area contributed by atoms with Gasteiger partial charge in [-0.15, -0.1) is 0 Å². The maximum atomic E-state index is 9.22. The summed E-state index contributed by atoms with van der Waals surface area (Å²) in [4.78, 5) is 0. The Bertz CT molecular complexity index is 476. The molecule has 0 unspecified atom stereocenters. The monoisotopic (exact) mass is 280 g/mol. The van der Waals surface area contributed by atoms with Crippen molar-refractivity contribution in [3.05, 3.63) is 36.0 Å². The molecule has 0 amide bonds. The maximum Gasteiger partial charge on any atom is 0.115 e. The Hall–Kier alpha value is -1.29. The van der Waals surface area contributed by atoms with E-state index in [2.05, 4.69) is 27.1 Å². The number of phenolic OH excluding ortho intramolecular Hbond substituents is 1. The van der Waals surface area contributed by atoms with Crippen LogP contribution < -0.4 is 0 Å². The first-order chi connectivity index (χ1) is 7.70. The summed E-state index contributed by atoms with van der Waals surface area (Å²) in [5.74, 6) is 0.278. The lowest BCUT2D eigenvalue weighted by Crippen LogP contribution is -2.02. The summed E-state index contributed by atoms with van der Waals surface area (Å²) in [5.41, 5.74) is 3.11. The third-order valence-electron chi connectivity index (χ3n) is 2.44. The fraction of sp³-hybridized carbons (Fsp3) is 0.250. The van der Waals surface area contributed by atoms with Gasteiger partial charge in [-0.1, -0.05) is 15.9 Å². The zero-order valence-electron chi connectivity index (χ0n) is 9.02. The number of aromatic hydroxyl groups is 1. The molecule has 0 aliphatic heterocycles. The van der Waals surface area contributed by atoms with Gasteiger partial charge in [-0.25, -0.2) is 0 Å². The van der Waals surface area contributed by atoms with E-state index < -0.39 is 0 Å². The van der Waals surface area contributed by atoms with Crippen molar-refractivity contribution in [1.82, 2.24) is 9.78 Å². The molecule has 2 rings (SSSR count). The van der Waals surface area contributed by atoms with Crippen LogP contribution in [0.2, 0.25) is 0 Å². The number of rotatable bonds is 3. The van der Waals surface area contributed by atoms with Gasteiger partial charge in [0.2, 0.25) is 0 Å². The van der Waals surface area contributed by atoms with Gasteiger partial charge in [-0.2, -0.15) is 5.10 Å². The van der Waals surface area contributed by atoms with E-state index in [1.54, 1.807) is 12.1 Å². The lowest BCUT2D eigenvalue weighted by atomic mass is 10.1.